The number of fused-ring (bicyclic) bond motifs is 2. The number of allylic oxidation sites excluding steroid dienone is 1. The molecule has 2 unspecified atom stereocenters. The minimum Gasteiger partial charge on any atom is -0.494 e. The zero-order valence-corrected chi connectivity index (χ0v) is 19.3. The molecule has 5 atom stereocenters. The van der Waals surface area contributed by atoms with Gasteiger partial charge in [-0.05, 0) is 66.9 Å². The van der Waals surface area contributed by atoms with Gasteiger partial charge in [0.2, 0.25) is 0 Å². The number of methoxy groups -OCH3 is 1. The summed E-state index contributed by atoms with van der Waals surface area (Å²) in [4.78, 5) is 25.3. The van der Waals surface area contributed by atoms with E-state index in [9.17, 15) is 4.79 Å². The number of imidazole rings is 1. The first-order chi connectivity index (χ1) is 16.1. The number of carbonyl (C=O) groups is 1. The first kappa shape index (κ1) is 19.3. The van der Waals surface area contributed by atoms with Gasteiger partial charge in [-0.3, -0.25) is 9.78 Å². The van der Waals surface area contributed by atoms with Gasteiger partial charge in [0.25, 0.3) is 5.91 Å². The van der Waals surface area contributed by atoms with Gasteiger partial charge in [-0.15, -0.1) is 0 Å². The Morgan fingerprint density at radius 1 is 1.24 bits per heavy atom. The molecule has 3 aliphatic carbocycles. The average Bonchev–Trinajstić information content (AvgIpc) is 3.35. The Morgan fingerprint density at radius 2 is 2.12 bits per heavy atom. The Labute approximate surface area is 193 Å². The van der Waals surface area contributed by atoms with Crippen LogP contribution in [-0.4, -0.2) is 45.0 Å². The molecule has 6 nitrogen and oxygen atoms in total. The largest absolute Gasteiger partial charge is 0.494 e. The van der Waals surface area contributed by atoms with E-state index in [0.717, 1.165) is 58.8 Å². The standard InChI is InChI=1S/C27H28N4O2/c1-4-18-19(9-14-6-5-7-28-24(14)18)26-29-20-10-16(12-22(33-3)25(20)30(26)2)27(32)31-13-17-8-15-11-21(31)23(15)17/h5-7,9-10,12,15,17-18,21,23H,4,8,11,13H2,1-3H3/t15?,17-,18?,21-,23-/m1/s1. The van der Waals surface area contributed by atoms with E-state index in [1.165, 1.54) is 18.4 Å². The molecule has 4 aliphatic rings. The van der Waals surface area contributed by atoms with Crippen molar-refractivity contribution in [2.45, 2.75) is 38.1 Å². The van der Waals surface area contributed by atoms with E-state index in [2.05, 4.69) is 33.5 Å². The fourth-order valence-corrected chi connectivity index (χ4v) is 7.10. The van der Waals surface area contributed by atoms with Gasteiger partial charge in [-0.2, -0.15) is 0 Å². The summed E-state index contributed by atoms with van der Waals surface area (Å²) in [5.74, 6) is 4.32. The van der Waals surface area contributed by atoms with Gasteiger partial charge in [0, 0.05) is 42.9 Å². The van der Waals surface area contributed by atoms with Crippen molar-refractivity contribution in [3.05, 3.63) is 53.1 Å². The molecular formula is C27H28N4O2. The van der Waals surface area contributed by atoms with E-state index in [1.54, 1.807) is 7.11 Å². The molecule has 0 spiro atoms. The van der Waals surface area contributed by atoms with Crippen LogP contribution in [0.1, 0.15) is 59.5 Å². The number of hydrogen-bond acceptors (Lipinski definition) is 4. The van der Waals surface area contributed by atoms with Crippen molar-refractivity contribution in [1.82, 2.24) is 19.4 Å². The molecule has 3 heterocycles. The SMILES string of the molecule is CCC1C(c2nc3cc(C(=O)N4C[C@H]5CC6C[C@@H]4[C@H]65)cc(OC)c3n2C)=Cc2cccnc21. The van der Waals surface area contributed by atoms with Crippen LogP contribution in [0.4, 0.5) is 0 Å². The van der Waals surface area contributed by atoms with Gasteiger partial charge in [-0.25, -0.2) is 4.98 Å². The minimum atomic E-state index is 0.128. The molecule has 168 valence electrons. The summed E-state index contributed by atoms with van der Waals surface area (Å²) in [5, 5.41) is 0. The maximum atomic E-state index is 13.5. The quantitative estimate of drug-likeness (QED) is 0.599. The Balaban J connectivity index is 1.31. The number of aromatic nitrogens is 3. The van der Waals surface area contributed by atoms with Crippen molar-refractivity contribution in [3.8, 4) is 5.75 Å². The molecule has 2 aromatic heterocycles. The lowest BCUT2D eigenvalue weighted by atomic mass is 9.53. The van der Waals surface area contributed by atoms with E-state index >= 15 is 0 Å². The molecule has 33 heavy (non-hydrogen) atoms. The molecule has 0 bridgehead atoms. The molecule has 0 N–H and O–H groups in total. The van der Waals surface area contributed by atoms with Crippen LogP contribution in [0.25, 0.3) is 22.7 Å². The maximum Gasteiger partial charge on any atom is 0.254 e. The third-order valence-electron chi connectivity index (χ3n) is 8.73. The van der Waals surface area contributed by atoms with E-state index in [0.29, 0.717) is 17.4 Å². The smallest absolute Gasteiger partial charge is 0.254 e. The lowest BCUT2D eigenvalue weighted by Crippen LogP contribution is -2.53. The molecule has 0 radical (unpaired) electrons. The summed E-state index contributed by atoms with van der Waals surface area (Å²) >= 11 is 0. The van der Waals surface area contributed by atoms with Gasteiger partial charge in [0.1, 0.15) is 17.1 Å². The number of rotatable bonds is 4. The zero-order chi connectivity index (χ0) is 22.4. The molecule has 6 heteroatoms. The Hall–Kier alpha value is -3.15. The van der Waals surface area contributed by atoms with Gasteiger partial charge in [0.15, 0.2) is 0 Å². The monoisotopic (exact) mass is 440 g/mol. The first-order valence-electron chi connectivity index (χ1n) is 12.1. The normalized spacial score (nSPS) is 28.8. The highest BCUT2D eigenvalue weighted by Gasteiger charge is 2.61. The summed E-state index contributed by atoms with van der Waals surface area (Å²) in [6.07, 6.45) is 7.52. The molecule has 2 saturated carbocycles. The Kier molecular flexibility index (Phi) is 3.92. The fourth-order valence-electron chi connectivity index (χ4n) is 7.10. The van der Waals surface area contributed by atoms with Gasteiger partial charge in [0.05, 0.1) is 18.3 Å². The topological polar surface area (TPSA) is 60.3 Å². The van der Waals surface area contributed by atoms with Crippen molar-refractivity contribution < 1.29 is 9.53 Å². The van der Waals surface area contributed by atoms with Gasteiger partial charge >= 0.3 is 0 Å². The number of hydrogen-bond donors (Lipinski definition) is 0. The number of aryl methyl sites for hydroxylation is 1. The molecule has 1 aromatic carbocycles. The molecule has 1 amide bonds. The molecule has 3 aromatic rings. The molecule has 3 fully saturated rings. The Bertz CT molecular complexity index is 1360. The van der Waals surface area contributed by atoms with Crippen molar-refractivity contribution in [1.29, 1.82) is 0 Å². The number of likely N-dealkylation sites (tertiary alicyclic amines) is 1. The van der Waals surface area contributed by atoms with Crippen molar-refractivity contribution in [2.75, 3.05) is 13.7 Å². The first-order valence-corrected chi connectivity index (χ1v) is 12.1. The zero-order valence-electron chi connectivity index (χ0n) is 19.3. The Morgan fingerprint density at radius 3 is 2.88 bits per heavy atom. The van der Waals surface area contributed by atoms with E-state index < -0.39 is 0 Å². The molecule has 7 rings (SSSR count). The van der Waals surface area contributed by atoms with Crippen molar-refractivity contribution >= 4 is 28.6 Å². The van der Waals surface area contributed by atoms with Gasteiger partial charge in [-0.1, -0.05) is 13.0 Å². The second-order valence-corrected chi connectivity index (χ2v) is 10.2. The molecular weight excluding hydrogens is 412 g/mol. The van der Waals surface area contributed by atoms with Gasteiger partial charge < -0.3 is 14.2 Å². The third kappa shape index (κ3) is 2.47. The average molecular weight is 441 g/mol. The van der Waals surface area contributed by atoms with Crippen LogP contribution in [-0.2, 0) is 7.05 Å². The number of amides is 1. The molecule has 1 saturated heterocycles. The summed E-state index contributed by atoms with van der Waals surface area (Å²) in [6, 6.07) is 8.41. The van der Waals surface area contributed by atoms with Crippen LogP contribution < -0.4 is 4.74 Å². The maximum absolute atomic E-state index is 13.5. The van der Waals surface area contributed by atoms with Crippen molar-refractivity contribution in [3.63, 3.8) is 0 Å². The second kappa shape index (κ2) is 6.69. The lowest BCUT2D eigenvalue weighted by molar-refractivity contribution is -0.0204. The highest BCUT2D eigenvalue weighted by atomic mass is 16.5. The van der Waals surface area contributed by atoms with E-state index in [4.69, 9.17) is 9.72 Å². The number of ether oxygens (including phenoxy) is 1. The third-order valence-corrected chi connectivity index (χ3v) is 8.73. The number of pyridine rings is 1. The fraction of sp³-hybridized carbons (Fsp3) is 0.444. The van der Waals surface area contributed by atoms with Crippen LogP contribution in [0.2, 0.25) is 0 Å². The second-order valence-electron chi connectivity index (χ2n) is 10.2. The lowest BCUT2D eigenvalue weighted by Gasteiger charge is -2.52. The number of nitrogens with zero attached hydrogens (tertiary/aromatic N) is 4. The predicted octanol–water partition coefficient (Wildman–Crippen LogP) is 4.51. The van der Waals surface area contributed by atoms with E-state index in [-0.39, 0.29) is 11.8 Å². The minimum absolute atomic E-state index is 0.128. The number of benzene rings is 1. The summed E-state index contributed by atoms with van der Waals surface area (Å²) in [7, 11) is 3.71. The highest BCUT2D eigenvalue weighted by Crippen LogP contribution is 2.60. The van der Waals surface area contributed by atoms with Crippen LogP contribution in [0.3, 0.4) is 0 Å². The predicted molar refractivity (Wildman–Crippen MR) is 127 cm³/mol. The van der Waals surface area contributed by atoms with Crippen LogP contribution in [0, 0.1) is 17.8 Å². The van der Waals surface area contributed by atoms with Crippen LogP contribution >= 0.6 is 0 Å². The van der Waals surface area contributed by atoms with Crippen LogP contribution in [0.15, 0.2) is 30.5 Å². The van der Waals surface area contributed by atoms with Crippen LogP contribution in [0.5, 0.6) is 5.75 Å². The molecule has 1 aliphatic heterocycles. The van der Waals surface area contributed by atoms with E-state index in [1.807, 2.05) is 31.4 Å². The summed E-state index contributed by atoms with van der Waals surface area (Å²) in [6.45, 7) is 3.10. The van der Waals surface area contributed by atoms with Crippen molar-refractivity contribution in [2.24, 2.45) is 24.8 Å². The highest BCUT2D eigenvalue weighted by molar-refractivity contribution is 6.01. The number of carbonyl (C=O) groups excluding carboxylic acids is 1. The summed E-state index contributed by atoms with van der Waals surface area (Å²) in [5.41, 5.74) is 5.88. The summed E-state index contributed by atoms with van der Waals surface area (Å²) < 4.78 is 7.89.